The van der Waals surface area contributed by atoms with Crippen LogP contribution in [-0.2, 0) is 6.54 Å². The molecule has 0 aliphatic rings. The number of non-ortho nitro benzene ring substituents is 1. The van der Waals surface area contributed by atoms with Crippen LogP contribution in [0.5, 0.6) is 0 Å². The van der Waals surface area contributed by atoms with Gasteiger partial charge in [0.25, 0.3) is 5.69 Å². The van der Waals surface area contributed by atoms with Gasteiger partial charge in [0.05, 0.1) is 22.5 Å². The standard InChI is InChI=1S/C18H18N4O4/c23-10-4-9-19-18-20-15-7-1-2-8-16(15)21(18)12-17(24)13-5-3-6-14(11-13)22(25)26/h1-3,5-8,11,23H,4,9-10,12H2,(H,19,20). The first-order chi connectivity index (χ1) is 12.6. The van der Waals surface area contributed by atoms with Gasteiger partial charge in [-0.25, -0.2) is 4.98 Å². The SMILES string of the molecule is O=C(Cn1c(NCCCO)nc2ccccc21)c1cccc([N+](=O)[O-])c1. The van der Waals surface area contributed by atoms with Crippen molar-refractivity contribution >= 4 is 28.5 Å². The molecule has 0 amide bonds. The molecule has 1 aromatic heterocycles. The molecule has 0 spiro atoms. The summed E-state index contributed by atoms with van der Waals surface area (Å²) in [7, 11) is 0. The number of nitrogens with zero attached hydrogens (tertiary/aromatic N) is 3. The highest BCUT2D eigenvalue weighted by molar-refractivity contribution is 5.97. The van der Waals surface area contributed by atoms with E-state index in [0.29, 0.717) is 18.9 Å². The first-order valence-electron chi connectivity index (χ1n) is 8.18. The minimum atomic E-state index is -0.523. The Morgan fingerprint density at radius 3 is 2.81 bits per heavy atom. The topological polar surface area (TPSA) is 110 Å². The van der Waals surface area contributed by atoms with Crippen LogP contribution in [0.1, 0.15) is 16.8 Å². The number of carbonyl (C=O) groups excluding carboxylic acids is 1. The van der Waals surface area contributed by atoms with Gasteiger partial charge in [-0.1, -0.05) is 24.3 Å². The maximum atomic E-state index is 12.7. The Hall–Kier alpha value is -3.26. The van der Waals surface area contributed by atoms with Crippen molar-refractivity contribution in [2.24, 2.45) is 0 Å². The Kier molecular flexibility index (Phi) is 5.23. The van der Waals surface area contributed by atoms with Gasteiger partial charge in [0.2, 0.25) is 5.95 Å². The van der Waals surface area contributed by atoms with E-state index in [4.69, 9.17) is 5.11 Å². The Labute approximate surface area is 149 Å². The summed E-state index contributed by atoms with van der Waals surface area (Å²) in [6.07, 6.45) is 0.558. The lowest BCUT2D eigenvalue weighted by atomic mass is 10.1. The molecule has 0 fully saturated rings. The first-order valence-corrected chi connectivity index (χ1v) is 8.18. The molecule has 8 heteroatoms. The summed E-state index contributed by atoms with van der Waals surface area (Å²) < 4.78 is 1.74. The van der Waals surface area contributed by atoms with Crippen molar-refractivity contribution in [3.63, 3.8) is 0 Å². The van der Waals surface area contributed by atoms with Gasteiger partial charge in [-0.2, -0.15) is 0 Å². The largest absolute Gasteiger partial charge is 0.396 e. The number of hydrogen-bond donors (Lipinski definition) is 2. The van der Waals surface area contributed by atoms with Crippen LogP contribution in [0.2, 0.25) is 0 Å². The Morgan fingerprint density at radius 2 is 2.04 bits per heavy atom. The number of aliphatic hydroxyl groups excluding tert-OH is 1. The number of carbonyl (C=O) groups is 1. The zero-order chi connectivity index (χ0) is 18.5. The predicted octanol–water partition coefficient (Wildman–Crippen LogP) is 2.62. The normalized spacial score (nSPS) is 10.8. The summed E-state index contributed by atoms with van der Waals surface area (Å²) in [5, 5.41) is 23.0. The molecule has 3 rings (SSSR count). The number of imidazole rings is 1. The third-order valence-electron chi connectivity index (χ3n) is 3.95. The number of fused-ring (bicyclic) bond motifs is 1. The molecular formula is C18H18N4O4. The van der Waals surface area contributed by atoms with E-state index in [1.54, 1.807) is 10.6 Å². The number of benzene rings is 2. The number of hydrogen-bond acceptors (Lipinski definition) is 6. The number of aromatic nitrogens is 2. The molecule has 2 aromatic carbocycles. The minimum absolute atomic E-state index is 0.00311. The molecule has 8 nitrogen and oxygen atoms in total. The van der Waals surface area contributed by atoms with Gasteiger partial charge in [0.15, 0.2) is 5.78 Å². The van der Waals surface area contributed by atoms with Crippen LogP contribution in [0.4, 0.5) is 11.6 Å². The van der Waals surface area contributed by atoms with E-state index in [1.807, 2.05) is 24.3 Å². The molecule has 0 bridgehead atoms. The van der Waals surface area contributed by atoms with E-state index in [0.717, 1.165) is 11.0 Å². The number of aliphatic hydroxyl groups is 1. The van der Waals surface area contributed by atoms with E-state index in [1.165, 1.54) is 18.2 Å². The highest BCUT2D eigenvalue weighted by atomic mass is 16.6. The molecule has 134 valence electrons. The number of anilines is 1. The summed E-state index contributed by atoms with van der Waals surface area (Å²) in [5.41, 5.74) is 1.69. The number of para-hydroxylation sites is 2. The van der Waals surface area contributed by atoms with E-state index in [9.17, 15) is 14.9 Å². The summed E-state index contributed by atoms with van der Waals surface area (Å²) in [5.74, 6) is 0.278. The van der Waals surface area contributed by atoms with Crippen molar-refractivity contribution in [2.75, 3.05) is 18.5 Å². The zero-order valence-corrected chi connectivity index (χ0v) is 14.0. The maximum absolute atomic E-state index is 12.7. The Bertz CT molecular complexity index is 951. The van der Waals surface area contributed by atoms with Crippen LogP contribution in [0.3, 0.4) is 0 Å². The third-order valence-corrected chi connectivity index (χ3v) is 3.95. The van der Waals surface area contributed by atoms with Gasteiger partial charge >= 0.3 is 0 Å². The van der Waals surface area contributed by atoms with Crippen molar-refractivity contribution in [3.8, 4) is 0 Å². The molecule has 0 aliphatic heterocycles. The third kappa shape index (κ3) is 3.70. The molecule has 0 saturated carbocycles. The van der Waals surface area contributed by atoms with Crippen LogP contribution in [0.15, 0.2) is 48.5 Å². The highest BCUT2D eigenvalue weighted by Gasteiger charge is 2.16. The average Bonchev–Trinajstić information content (AvgIpc) is 2.99. The number of nitro groups is 1. The molecule has 3 aromatic rings. The predicted molar refractivity (Wildman–Crippen MR) is 97.4 cm³/mol. The van der Waals surface area contributed by atoms with Crippen molar-refractivity contribution in [1.82, 2.24) is 9.55 Å². The van der Waals surface area contributed by atoms with Crippen LogP contribution >= 0.6 is 0 Å². The van der Waals surface area contributed by atoms with Crippen molar-refractivity contribution in [2.45, 2.75) is 13.0 Å². The van der Waals surface area contributed by atoms with Crippen LogP contribution in [-0.4, -0.2) is 38.5 Å². The summed E-state index contributed by atoms with van der Waals surface area (Å²) in [6.45, 7) is 0.577. The average molecular weight is 354 g/mol. The second kappa shape index (κ2) is 7.75. The molecular weight excluding hydrogens is 336 g/mol. The van der Waals surface area contributed by atoms with Crippen molar-refractivity contribution in [3.05, 3.63) is 64.2 Å². The van der Waals surface area contributed by atoms with Gasteiger partial charge in [-0.15, -0.1) is 0 Å². The van der Waals surface area contributed by atoms with Gasteiger partial charge < -0.3 is 15.0 Å². The number of Topliss-reactive ketones (excluding diaryl/α,β-unsaturated/α-hetero) is 1. The molecule has 0 radical (unpaired) electrons. The molecule has 0 unspecified atom stereocenters. The molecule has 0 saturated heterocycles. The lowest BCUT2D eigenvalue weighted by Crippen LogP contribution is -2.15. The van der Waals surface area contributed by atoms with E-state index in [2.05, 4.69) is 10.3 Å². The van der Waals surface area contributed by atoms with Gasteiger partial charge in [-0.05, 0) is 18.6 Å². The summed E-state index contributed by atoms with van der Waals surface area (Å²) in [6, 6.07) is 13.1. The summed E-state index contributed by atoms with van der Waals surface area (Å²) >= 11 is 0. The highest BCUT2D eigenvalue weighted by Crippen LogP contribution is 2.21. The summed E-state index contributed by atoms with van der Waals surface area (Å²) in [4.78, 5) is 27.6. The number of nitro benzene ring substituents is 1. The van der Waals surface area contributed by atoms with Crippen LogP contribution < -0.4 is 5.32 Å². The van der Waals surface area contributed by atoms with E-state index < -0.39 is 4.92 Å². The van der Waals surface area contributed by atoms with E-state index >= 15 is 0 Å². The Morgan fingerprint density at radius 1 is 1.23 bits per heavy atom. The maximum Gasteiger partial charge on any atom is 0.270 e. The quantitative estimate of drug-likeness (QED) is 0.278. The number of ketones is 1. The van der Waals surface area contributed by atoms with Gasteiger partial charge in [0, 0.05) is 30.8 Å². The lowest BCUT2D eigenvalue weighted by Gasteiger charge is -2.10. The monoisotopic (exact) mass is 354 g/mol. The fraction of sp³-hybridized carbons (Fsp3) is 0.222. The fourth-order valence-electron chi connectivity index (χ4n) is 2.68. The van der Waals surface area contributed by atoms with Crippen molar-refractivity contribution in [1.29, 1.82) is 0 Å². The van der Waals surface area contributed by atoms with Gasteiger partial charge in [0.1, 0.15) is 0 Å². The molecule has 1 heterocycles. The zero-order valence-electron chi connectivity index (χ0n) is 14.0. The first kappa shape index (κ1) is 17.6. The fourth-order valence-corrected chi connectivity index (χ4v) is 2.68. The Balaban J connectivity index is 1.91. The van der Waals surface area contributed by atoms with E-state index in [-0.39, 0.29) is 30.2 Å². The molecule has 0 atom stereocenters. The van der Waals surface area contributed by atoms with Crippen LogP contribution in [0, 0.1) is 10.1 Å². The van der Waals surface area contributed by atoms with Gasteiger partial charge in [-0.3, -0.25) is 14.9 Å². The van der Waals surface area contributed by atoms with Crippen molar-refractivity contribution < 1.29 is 14.8 Å². The second-order valence-corrected chi connectivity index (χ2v) is 5.74. The smallest absolute Gasteiger partial charge is 0.270 e. The molecule has 2 N–H and O–H groups in total. The lowest BCUT2D eigenvalue weighted by molar-refractivity contribution is -0.384. The molecule has 26 heavy (non-hydrogen) atoms. The minimum Gasteiger partial charge on any atom is -0.396 e. The van der Waals surface area contributed by atoms with Crippen LogP contribution in [0.25, 0.3) is 11.0 Å². The molecule has 0 aliphatic carbocycles. The number of rotatable bonds is 8. The second-order valence-electron chi connectivity index (χ2n) is 5.74. The number of nitrogens with one attached hydrogen (secondary N) is 1.